The maximum Gasteiger partial charge on any atom is 0.223 e. The maximum atomic E-state index is 13.6. The first-order chi connectivity index (χ1) is 13.1. The predicted molar refractivity (Wildman–Crippen MR) is 112 cm³/mol. The van der Waals surface area contributed by atoms with Gasteiger partial charge in [0.25, 0.3) is 0 Å². The molecule has 0 bridgehead atoms. The molecule has 5 heteroatoms. The van der Waals surface area contributed by atoms with Gasteiger partial charge in [0.2, 0.25) is 5.91 Å². The fraction of sp³-hybridized carbons (Fsp3) is 0.409. The molecule has 0 aliphatic carbocycles. The normalized spacial score (nSPS) is 15.0. The largest absolute Gasteiger partial charge is 0.371 e. The third-order valence-electron chi connectivity index (χ3n) is 5.03. The van der Waals surface area contributed by atoms with Crippen LogP contribution in [0.25, 0.3) is 0 Å². The zero-order valence-corrected chi connectivity index (χ0v) is 16.6. The first-order valence-corrected chi connectivity index (χ1v) is 10.7. The molecule has 1 saturated heterocycles. The summed E-state index contributed by atoms with van der Waals surface area (Å²) < 4.78 is 13.6. The molecule has 1 amide bonds. The van der Waals surface area contributed by atoms with Crippen molar-refractivity contribution in [2.45, 2.75) is 25.5 Å². The first-order valence-electron chi connectivity index (χ1n) is 9.54. The molecule has 0 unspecified atom stereocenters. The molecule has 3 nitrogen and oxygen atoms in total. The molecule has 27 heavy (non-hydrogen) atoms. The van der Waals surface area contributed by atoms with Crippen molar-refractivity contribution in [2.24, 2.45) is 5.92 Å². The molecule has 0 radical (unpaired) electrons. The van der Waals surface area contributed by atoms with E-state index in [0.717, 1.165) is 37.2 Å². The van der Waals surface area contributed by atoms with E-state index in [1.807, 2.05) is 12.1 Å². The van der Waals surface area contributed by atoms with Gasteiger partial charge < -0.3 is 10.2 Å². The van der Waals surface area contributed by atoms with Crippen LogP contribution in [0.15, 0.2) is 48.5 Å². The Bertz CT molecular complexity index is 742. The fourth-order valence-electron chi connectivity index (χ4n) is 3.34. The molecule has 1 heterocycles. The monoisotopic (exact) mass is 386 g/mol. The van der Waals surface area contributed by atoms with E-state index in [2.05, 4.69) is 41.4 Å². The van der Waals surface area contributed by atoms with E-state index in [4.69, 9.17) is 0 Å². The van der Waals surface area contributed by atoms with Crippen LogP contribution in [0.3, 0.4) is 0 Å². The highest BCUT2D eigenvalue weighted by Crippen LogP contribution is 2.23. The molecule has 1 N–H and O–H groups in total. The van der Waals surface area contributed by atoms with Crippen molar-refractivity contribution in [1.29, 1.82) is 0 Å². The number of halogens is 1. The van der Waals surface area contributed by atoms with E-state index in [0.29, 0.717) is 12.3 Å². The SMILES string of the molecule is Cc1ccc(N2CCC(C(=O)NCCSCc3ccccc3F)CC2)cc1. The van der Waals surface area contributed by atoms with Crippen LogP contribution in [0.1, 0.15) is 24.0 Å². The molecule has 0 saturated carbocycles. The smallest absolute Gasteiger partial charge is 0.223 e. The first kappa shape index (κ1) is 19.7. The van der Waals surface area contributed by atoms with Gasteiger partial charge in [-0.2, -0.15) is 11.8 Å². The van der Waals surface area contributed by atoms with Gasteiger partial charge in [0.05, 0.1) is 0 Å². The van der Waals surface area contributed by atoms with Crippen LogP contribution in [-0.2, 0) is 10.5 Å². The van der Waals surface area contributed by atoms with Crippen molar-refractivity contribution < 1.29 is 9.18 Å². The molecule has 1 aliphatic rings. The summed E-state index contributed by atoms with van der Waals surface area (Å²) in [7, 11) is 0. The van der Waals surface area contributed by atoms with Crippen molar-refractivity contribution in [3.8, 4) is 0 Å². The lowest BCUT2D eigenvalue weighted by molar-refractivity contribution is -0.125. The van der Waals surface area contributed by atoms with Gasteiger partial charge in [0.15, 0.2) is 0 Å². The number of benzene rings is 2. The molecule has 3 rings (SSSR count). The lowest BCUT2D eigenvalue weighted by Gasteiger charge is -2.33. The second kappa shape index (κ2) is 9.79. The van der Waals surface area contributed by atoms with Gasteiger partial charge in [-0.25, -0.2) is 4.39 Å². The third-order valence-corrected chi connectivity index (χ3v) is 6.03. The molecular formula is C22H27FN2OS. The highest BCUT2D eigenvalue weighted by Gasteiger charge is 2.24. The maximum absolute atomic E-state index is 13.6. The summed E-state index contributed by atoms with van der Waals surface area (Å²) in [6.45, 7) is 4.57. The van der Waals surface area contributed by atoms with Crippen LogP contribution in [0.4, 0.5) is 10.1 Å². The second-order valence-corrected chi connectivity index (χ2v) is 8.14. The number of amides is 1. The number of hydrogen-bond donors (Lipinski definition) is 1. The number of carbonyl (C=O) groups is 1. The average Bonchev–Trinajstić information content (AvgIpc) is 2.69. The predicted octanol–water partition coefficient (Wildman–Crippen LogP) is 4.40. The van der Waals surface area contributed by atoms with Crippen LogP contribution in [0.5, 0.6) is 0 Å². The Kier molecular flexibility index (Phi) is 7.16. The number of piperidine rings is 1. The number of rotatable bonds is 7. The Morgan fingerprint density at radius 2 is 1.85 bits per heavy atom. The van der Waals surface area contributed by atoms with Gasteiger partial charge in [0.1, 0.15) is 5.82 Å². The highest BCUT2D eigenvalue weighted by atomic mass is 32.2. The van der Waals surface area contributed by atoms with Gasteiger partial charge >= 0.3 is 0 Å². The van der Waals surface area contributed by atoms with Crippen LogP contribution >= 0.6 is 11.8 Å². The number of carbonyl (C=O) groups excluding carboxylic acids is 1. The van der Waals surface area contributed by atoms with E-state index in [-0.39, 0.29) is 17.6 Å². The topological polar surface area (TPSA) is 32.3 Å². The quantitative estimate of drug-likeness (QED) is 0.716. The number of thioether (sulfide) groups is 1. The zero-order valence-electron chi connectivity index (χ0n) is 15.8. The summed E-state index contributed by atoms with van der Waals surface area (Å²) in [5.41, 5.74) is 3.22. The van der Waals surface area contributed by atoms with Crippen molar-refractivity contribution in [2.75, 3.05) is 30.3 Å². The summed E-state index contributed by atoms with van der Waals surface area (Å²) in [5, 5.41) is 3.04. The van der Waals surface area contributed by atoms with Crippen molar-refractivity contribution in [3.63, 3.8) is 0 Å². The molecule has 144 valence electrons. The molecular weight excluding hydrogens is 359 g/mol. The molecule has 0 spiro atoms. The van der Waals surface area contributed by atoms with Crippen molar-refractivity contribution in [3.05, 3.63) is 65.5 Å². The van der Waals surface area contributed by atoms with Crippen LogP contribution in [-0.4, -0.2) is 31.3 Å². The minimum absolute atomic E-state index is 0.100. The number of nitrogens with zero attached hydrogens (tertiary/aromatic N) is 1. The summed E-state index contributed by atoms with van der Waals surface area (Å²) >= 11 is 1.64. The number of aryl methyl sites for hydroxylation is 1. The van der Waals surface area contributed by atoms with Gasteiger partial charge in [-0.1, -0.05) is 35.9 Å². The van der Waals surface area contributed by atoms with Crippen LogP contribution in [0, 0.1) is 18.7 Å². The number of anilines is 1. The average molecular weight is 387 g/mol. The Balaban J connectivity index is 1.33. The molecule has 1 fully saturated rings. The summed E-state index contributed by atoms with van der Waals surface area (Å²) in [6.07, 6.45) is 1.78. The van der Waals surface area contributed by atoms with Gasteiger partial charge in [0, 0.05) is 42.7 Å². The summed E-state index contributed by atoms with van der Waals surface area (Å²) in [5.74, 6) is 1.53. The molecule has 1 aliphatic heterocycles. The number of nitrogens with one attached hydrogen (secondary N) is 1. The molecule has 2 aromatic rings. The minimum atomic E-state index is -0.158. The van der Waals surface area contributed by atoms with Gasteiger partial charge in [-0.05, 0) is 43.5 Å². The highest BCUT2D eigenvalue weighted by molar-refractivity contribution is 7.98. The summed E-state index contributed by atoms with van der Waals surface area (Å²) in [4.78, 5) is 14.7. The van der Waals surface area contributed by atoms with Crippen molar-refractivity contribution in [1.82, 2.24) is 5.32 Å². The van der Waals surface area contributed by atoms with E-state index >= 15 is 0 Å². The fourth-order valence-corrected chi connectivity index (χ4v) is 4.19. The molecule has 0 aromatic heterocycles. The lowest BCUT2D eigenvalue weighted by atomic mass is 9.95. The van der Waals surface area contributed by atoms with Crippen molar-refractivity contribution >= 4 is 23.4 Å². The molecule has 2 aromatic carbocycles. The second-order valence-electron chi connectivity index (χ2n) is 7.03. The summed E-state index contributed by atoms with van der Waals surface area (Å²) in [6, 6.07) is 15.4. The van der Waals surface area contributed by atoms with Gasteiger partial charge in [-0.15, -0.1) is 0 Å². The Hall–Kier alpha value is -2.01. The standard InChI is InChI=1S/C22H27FN2OS/c1-17-6-8-20(9-7-17)25-13-10-18(11-14-25)22(26)24-12-15-27-16-19-4-2-3-5-21(19)23/h2-9,18H,10-16H2,1H3,(H,24,26). The lowest BCUT2D eigenvalue weighted by Crippen LogP contribution is -2.41. The zero-order chi connectivity index (χ0) is 19.1. The van der Waals surface area contributed by atoms with E-state index < -0.39 is 0 Å². The van der Waals surface area contributed by atoms with E-state index in [9.17, 15) is 9.18 Å². The van der Waals surface area contributed by atoms with Crippen LogP contribution in [0.2, 0.25) is 0 Å². The Labute approximate surface area is 165 Å². The Morgan fingerprint density at radius 1 is 1.15 bits per heavy atom. The van der Waals surface area contributed by atoms with E-state index in [1.165, 1.54) is 17.3 Å². The van der Waals surface area contributed by atoms with Crippen LogP contribution < -0.4 is 10.2 Å². The van der Waals surface area contributed by atoms with Gasteiger partial charge in [-0.3, -0.25) is 4.79 Å². The Morgan fingerprint density at radius 3 is 2.56 bits per heavy atom. The van der Waals surface area contributed by atoms with E-state index in [1.54, 1.807) is 17.8 Å². The minimum Gasteiger partial charge on any atom is -0.371 e. The number of hydrogen-bond acceptors (Lipinski definition) is 3. The molecule has 0 atom stereocenters. The third kappa shape index (κ3) is 5.73.